The Balaban J connectivity index is 1.73. The molecule has 0 bridgehead atoms. The van der Waals surface area contributed by atoms with Gasteiger partial charge in [-0.05, 0) is 30.3 Å². The maximum atomic E-state index is 13.1. The van der Waals surface area contributed by atoms with Crippen LogP contribution in [0.3, 0.4) is 0 Å². The van der Waals surface area contributed by atoms with Crippen molar-refractivity contribution in [1.82, 2.24) is 9.97 Å². The quantitative estimate of drug-likeness (QED) is 0.381. The zero-order valence-corrected chi connectivity index (χ0v) is 16.9. The number of carbonyl (C=O) groups is 1. The van der Waals surface area contributed by atoms with Crippen LogP contribution < -0.4 is 0 Å². The van der Waals surface area contributed by atoms with Crippen LogP contribution in [0.2, 0.25) is 10.0 Å². The number of carboxylic acids is 1. The van der Waals surface area contributed by atoms with Gasteiger partial charge in [-0.2, -0.15) is 0 Å². The lowest BCUT2D eigenvalue weighted by Gasteiger charge is -2.07. The number of hydrogen-bond donors (Lipinski definition) is 1. The Morgan fingerprint density at radius 1 is 0.966 bits per heavy atom. The molecule has 0 aliphatic rings. The molecule has 8 heteroatoms. The summed E-state index contributed by atoms with van der Waals surface area (Å²) in [5.74, 6) is -1.59. The van der Waals surface area contributed by atoms with Crippen molar-refractivity contribution in [2.45, 2.75) is 0 Å². The first kappa shape index (κ1) is 19.5. The first-order valence-corrected chi connectivity index (χ1v) is 9.96. The van der Waals surface area contributed by atoms with Crippen molar-refractivity contribution in [3.63, 3.8) is 0 Å². The maximum Gasteiger partial charge on any atom is 0.336 e. The van der Waals surface area contributed by atoms with Crippen molar-refractivity contribution in [3.05, 3.63) is 81.5 Å². The van der Waals surface area contributed by atoms with Gasteiger partial charge in [0.1, 0.15) is 10.8 Å². The summed E-state index contributed by atoms with van der Waals surface area (Å²) in [4.78, 5) is 20.4. The molecule has 0 fully saturated rings. The molecule has 0 amide bonds. The van der Waals surface area contributed by atoms with Crippen molar-refractivity contribution < 1.29 is 14.3 Å². The van der Waals surface area contributed by atoms with Crippen molar-refractivity contribution in [3.8, 4) is 33.1 Å². The number of pyridine rings is 1. The first-order valence-electron chi connectivity index (χ1n) is 8.33. The van der Waals surface area contributed by atoms with Gasteiger partial charge in [-0.25, -0.2) is 14.2 Å². The Kier molecular flexibility index (Phi) is 5.32. The second-order valence-electron chi connectivity index (χ2n) is 6.09. The number of rotatable bonds is 4. The largest absolute Gasteiger partial charge is 0.478 e. The molecule has 29 heavy (non-hydrogen) atoms. The van der Waals surface area contributed by atoms with Crippen LogP contribution in [0.5, 0.6) is 0 Å². The molecule has 1 N–H and O–H groups in total. The lowest BCUT2D eigenvalue weighted by atomic mass is 10.0. The van der Waals surface area contributed by atoms with E-state index < -0.39 is 11.8 Å². The van der Waals surface area contributed by atoms with E-state index >= 15 is 0 Å². The molecule has 0 saturated carbocycles. The van der Waals surface area contributed by atoms with Gasteiger partial charge in [0, 0.05) is 22.1 Å². The normalized spacial score (nSPS) is 10.9. The maximum absolute atomic E-state index is 13.1. The minimum atomic E-state index is -1.10. The zero-order valence-electron chi connectivity index (χ0n) is 14.6. The fraction of sp³-hybridized carbons (Fsp3) is 0. The van der Waals surface area contributed by atoms with Crippen LogP contribution in [0, 0.1) is 5.82 Å². The fourth-order valence-electron chi connectivity index (χ4n) is 2.81. The SMILES string of the molecule is O=C(O)c1cc(-c2nc(-c3ccc(Cl)c(Cl)c3)cs2)ccc1-c1ccc(F)cn1. The lowest BCUT2D eigenvalue weighted by Crippen LogP contribution is -2.01. The summed E-state index contributed by atoms with van der Waals surface area (Å²) in [7, 11) is 0. The Bertz CT molecular complexity index is 1230. The monoisotopic (exact) mass is 444 g/mol. The number of aromatic carboxylic acids is 1. The summed E-state index contributed by atoms with van der Waals surface area (Å²) in [5, 5.41) is 13.1. The van der Waals surface area contributed by atoms with E-state index in [4.69, 9.17) is 23.2 Å². The highest BCUT2D eigenvalue weighted by Gasteiger charge is 2.16. The van der Waals surface area contributed by atoms with Crippen LogP contribution in [-0.4, -0.2) is 21.0 Å². The standard InChI is InChI=1S/C21H11Cl2FN2O2S/c22-16-5-2-11(8-17(16)23)19-10-29-20(26-19)12-1-4-14(15(7-12)21(27)28)18-6-3-13(24)9-25-18/h1-10H,(H,27,28). The van der Waals surface area contributed by atoms with Crippen molar-refractivity contribution in [2.24, 2.45) is 0 Å². The molecular formula is C21H11Cl2FN2O2S. The van der Waals surface area contributed by atoms with Crippen LogP contribution in [-0.2, 0) is 0 Å². The number of aromatic nitrogens is 2. The third-order valence-corrected chi connectivity index (χ3v) is 5.85. The van der Waals surface area contributed by atoms with Gasteiger partial charge in [0.15, 0.2) is 0 Å². The predicted molar refractivity (Wildman–Crippen MR) is 113 cm³/mol. The van der Waals surface area contributed by atoms with E-state index in [-0.39, 0.29) is 5.56 Å². The van der Waals surface area contributed by atoms with Crippen LogP contribution in [0.25, 0.3) is 33.1 Å². The van der Waals surface area contributed by atoms with Crippen molar-refractivity contribution >= 4 is 40.5 Å². The Hall–Kier alpha value is -2.80. The molecule has 0 spiro atoms. The molecule has 0 radical (unpaired) electrons. The Labute approximate surface area is 179 Å². The van der Waals surface area contributed by atoms with E-state index in [0.29, 0.717) is 37.6 Å². The topological polar surface area (TPSA) is 63.1 Å². The molecule has 2 aromatic carbocycles. The molecule has 0 unspecified atom stereocenters. The van der Waals surface area contributed by atoms with Gasteiger partial charge in [-0.3, -0.25) is 4.98 Å². The van der Waals surface area contributed by atoms with Gasteiger partial charge >= 0.3 is 5.97 Å². The molecule has 0 atom stereocenters. The van der Waals surface area contributed by atoms with Crippen LogP contribution in [0.1, 0.15) is 10.4 Å². The number of hydrogen-bond acceptors (Lipinski definition) is 4. The van der Waals surface area contributed by atoms with Gasteiger partial charge in [0.2, 0.25) is 0 Å². The smallest absolute Gasteiger partial charge is 0.336 e. The van der Waals surface area contributed by atoms with Crippen molar-refractivity contribution in [2.75, 3.05) is 0 Å². The van der Waals surface area contributed by atoms with Crippen LogP contribution >= 0.6 is 34.5 Å². The number of thiazole rings is 1. The van der Waals surface area contributed by atoms with Crippen LogP contribution in [0.15, 0.2) is 60.1 Å². The van der Waals surface area contributed by atoms with Gasteiger partial charge in [0.25, 0.3) is 0 Å². The van der Waals surface area contributed by atoms with Crippen LogP contribution in [0.4, 0.5) is 4.39 Å². The van der Waals surface area contributed by atoms with Gasteiger partial charge in [0.05, 0.1) is 33.2 Å². The van der Waals surface area contributed by atoms with E-state index in [0.717, 1.165) is 11.8 Å². The third-order valence-electron chi connectivity index (χ3n) is 4.22. The minimum Gasteiger partial charge on any atom is -0.478 e. The zero-order chi connectivity index (χ0) is 20.5. The summed E-state index contributed by atoms with van der Waals surface area (Å²) in [6.45, 7) is 0. The average molecular weight is 445 g/mol. The summed E-state index contributed by atoms with van der Waals surface area (Å²) in [5.41, 5.74) is 3.03. The van der Waals surface area contributed by atoms with E-state index in [1.807, 2.05) is 11.4 Å². The fourth-order valence-corrected chi connectivity index (χ4v) is 3.93. The number of benzene rings is 2. The Morgan fingerprint density at radius 2 is 1.76 bits per heavy atom. The molecule has 2 aromatic heterocycles. The number of halogens is 3. The molecule has 0 aliphatic heterocycles. The lowest BCUT2D eigenvalue weighted by molar-refractivity contribution is 0.0697. The summed E-state index contributed by atoms with van der Waals surface area (Å²) in [6.07, 6.45) is 1.05. The molecule has 4 nitrogen and oxygen atoms in total. The molecule has 4 rings (SSSR count). The average Bonchev–Trinajstić information content (AvgIpc) is 3.20. The van der Waals surface area contributed by atoms with Gasteiger partial charge in [-0.1, -0.05) is 41.4 Å². The minimum absolute atomic E-state index is 0.0629. The van der Waals surface area contributed by atoms with E-state index in [2.05, 4.69) is 9.97 Å². The Morgan fingerprint density at radius 3 is 2.45 bits per heavy atom. The highest BCUT2D eigenvalue weighted by atomic mass is 35.5. The summed E-state index contributed by atoms with van der Waals surface area (Å²) < 4.78 is 13.1. The summed E-state index contributed by atoms with van der Waals surface area (Å²) >= 11 is 13.4. The van der Waals surface area contributed by atoms with E-state index in [9.17, 15) is 14.3 Å². The van der Waals surface area contributed by atoms with Crippen molar-refractivity contribution in [1.29, 1.82) is 0 Å². The van der Waals surface area contributed by atoms with Gasteiger partial charge in [-0.15, -0.1) is 11.3 Å². The second-order valence-corrected chi connectivity index (χ2v) is 7.77. The van der Waals surface area contributed by atoms with Gasteiger partial charge < -0.3 is 5.11 Å². The molecular weight excluding hydrogens is 434 g/mol. The molecule has 0 saturated heterocycles. The summed E-state index contributed by atoms with van der Waals surface area (Å²) in [6, 6.07) is 12.9. The second kappa shape index (κ2) is 7.91. The first-order chi connectivity index (χ1) is 13.9. The van der Waals surface area contributed by atoms with E-state index in [1.54, 1.807) is 30.3 Å². The molecule has 144 valence electrons. The highest BCUT2D eigenvalue weighted by Crippen LogP contribution is 2.34. The number of nitrogens with zero attached hydrogens (tertiary/aromatic N) is 2. The predicted octanol–water partition coefficient (Wildman–Crippen LogP) is 6.68. The van der Waals surface area contributed by atoms with E-state index in [1.165, 1.54) is 23.5 Å². The third kappa shape index (κ3) is 4.00. The highest BCUT2D eigenvalue weighted by molar-refractivity contribution is 7.13. The number of carboxylic acid groups (broad SMARTS) is 1. The molecule has 4 aromatic rings. The molecule has 2 heterocycles. The molecule has 0 aliphatic carbocycles.